The number of hydrogen-bond donors (Lipinski definition) is 1. The van der Waals surface area contributed by atoms with Crippen LogP contribution in [0.5, 0.6) is 0 Å². The SMILES string of the molecule is CCC1CCC(N(C)CC(=O)NC(C(C)=O)C(C)C)CC1. The molecule has 0 aliphatic heterocycles. The Bertz CT molecular complexity index is 347. The van der Waals surface area contributed by atoms with Crippen molar-refractivity contribution in [1.82, 2.24) is 10.2 Å². The van der Waals surface area contributed by atoms with E-state index in [1.165, 1.54) is 32.1 Å². The van der Waals surface area contributed by atoms with Crippen LogP contribution >= 0.6 is 0 Å². The predicted octanol–water partition coefficient (Wildman–Crippen LogP) is 2.62. The van der Waals surface area contributed by atoms with Crippen LogP contribution in [0.15, 0.2) is 0 Å². The van der Waals surface area contributed by atoms with E-state index in [1.807, 2.05) is 20.9 Å². The zero-order valence-electron chi connectivity index (χ0n) is 14.3. The molecule has 1 rings (SSSR count). The van der Waals surface area contributed by atoms with Gasteiger partial charge in [0.15, 0.2) is 5.78 Å². The van der Waals surface area contributed by atoms with Gasteiger partial charge in [0.05, 0.1) is 12.6 Å². The van der Waals surface area contributed by atoms with Crippen LogP contribution in [0.1, 0.15) is 59.8 Å². The van der Waals surface area contributed by atoms with Gasteiger partial charge in [-0.05, 0) is 51.5 Å². The van der Waals surface area contributed by atoms with Gasteiger partial charge in [0, 0.05) is 6.04 Å². The summed E-state index contributed by atoms with van der Waals surface area (Å²) in [6.07, 6.45) is 6.18. The summed E-state index contributed by atoms with van der Waals surface area (Å²) in [7, 11) is 2.02. The molecule has 0 aromatic heterocycles. The Kier molecular flexibility index (Phi) is 7.36. The molecule has 1 amide bonds. The van der Waals surface area contributed by atoms with E-state index in [0.29, 0.717) is 12.6 Å². The smallest absolute Gasteiger partial charge is 0.234 e. The van der Waals surface area contributed by atoms with Gasteiger partial charge in [0.2, 0.25) is 5.91 Å². The fraction of sp³-hybridized carbons (Fsp3) is 0.882. The first-order valence-corrected chi connectivity index (χ1v) is 8.35. The molecule has 21 heavy (non-hydrogen) atoms. The summed E-state index contributed by atoms with van der Waals surface area (Å²) in [5.41, 5.74) is 0. The van der Waals surface area contributed by atoms with Crippen LogP contribution in [0.2, 0.25) is 0 Å². The number of rotatable bonds is 7. The third-order valence-electron chi connectivity index (χ3n) is 4.83. The number of carbonyl (C=O) groups excluding carboxylic acids is 2. The fourth-order valence-electron chi connectivity index (χ4n) is 3.31. The molecule has 0 heterocycles. The molecule has 0 aromatic carbocycles. The minimum Gasteiger partial charge on any atom is -0.345 e. The van der Waals surface area contributed by atoms with Gasteiger partial charge < -0.3 is 5.32 Å². The molecule has 122 valence electrons. The van der Waals surface area contributed by atoms with Gasteiger partial charge >= 0.3 is 0 Å². The molecule has 0 radical (unpaired) electrons. The molecule has 4 nitrogen and oxygen atoms in total. The van der Waals surface area contributed by atoms with E-state index in [2.05, 4.69) is 17.1 Å². The third-order valence-corrected chi connectivity index (χ3v) is 4.83. The molecule has 1 atom stereocenters. The van der Waals surface area contributed by atoms with Crippen molar-refractivity contribution in [2.24, 2.45) is 11.8 Å². The largest absolute Gasteiger partial charge is 0.345 e. The highest BCUT2D eigenvalue weighted by Crippen LogP contribution is 2.28. The summed E-state index contributed by atoms with van der Waals surface area (Å²) in [6, 6.07) is 0.148. The lowest BCUT2D eigenvalue weighted by Gasteiger charge is -2.34. The maximum atomic E-state index is 12.1. The molecule has 1 aliphatic carbocycles. The lowest BCUT2D eigenvalue weighted by atomic mass is 9.84. The van der Waals surface area contributed by atoms with Crippen molar-refractivity contribution in [3.63, 3.8) is 0 Å². The van der Waals surface area contributed by atoms with Crippen LogP contribution < -0.4 is 5.32 Å². The summed E-state index contributed by atoms with van der Waals surface area (Å²) in [4.78, 5) is 25.8. The van der Waals surface area contributed by atoms with E-state index in [9.17, 15) is 9.59 Å². The third kappa shape index (κ3) is 5.77. The highest BCUT2D eigenvalue weighted by Gasteiger charge is 2.26. The summed E-state index contributed by atoms with van der Waals surface area (Å²) in [5.74, 6) is 0.997. The van der Waals surface area contributed by atoms with E-state index in [0.717, 1.165) is 5.92 Å². The average molecular weight is 296 g/mol. The summed E-state index contributed by atoms with van der Waals surface area (Å²) < 4.78 is 0. The molecule has 0 spiro atoms. The highest BCUT2D eigenvalue weighted by molar-refractivity contribution is 5.88. The second-order valence-electron chi connectivity index (χ2n) is 6.90. The van der Waals surface area contributed by atoms with Crippen LogP contribution in [-0.4, -0.2) is 42.3 Å². The number of nitrogens with one attached hydrogen (secondary N) is 1. The van der Waals surface area contributed by atoms with Crippen molar-refractivity contribution < 1.29 is 9.59 Å². The van der Waals surface area contributed by atoms with Gasteiger partial charge in [-0.2, -0.15) is 0 Å². The van der Waals surface area contributed by atoms with Crippen LogP contribution in [0, 0.1) is 11.8 Å². The van der Waals surface area contributed by atoms with E-state index >= 15 is 0 Å². The van der Waals surface area contributed by atoms with Gasteiger partial charge in [-0.1, -0.05) is 27.2 Å². The van der Waals surface area contributed by atoms with Crippen molar-refractivity contribution in [1.29, 1.82) is 0 Å². The van der Waals surface area contributed by atoms with Crippen LogP contribution in [0.3, 0.4) is 0 Å². The maximum Gasteiger partial charge on any atom is 0.234 e. The Morgan fingerprint density at radius 2 is 1.76 bits per heavy atom. The molecule has 1 aliphatic rings. The van der Waals surface area contributed by atoms with E-state index in [1.54, 1.807) is 6.92 Å². The lowest BCUT2D eigenvalue weighted by Crippen LogP contribution is -2.48. The van der Waals surface area contributed by atoms with Crippen LogP contribution in [-0.2, 0) is 9.59 Å². The molecular formula is C17H32N2O2. The van der Waals surface area contributed by atoms with Crippen LogP contribution in [0.25, 0.3) is 0 Å². The number of amides is 1. The number of likely N-dealkylation sites (N-methyl/N-ethyl adjacent to an activating group) is 1. The Morgan fingerprint density at radius 1 is 1.19 bits per heavy atom. The first kappa shape index (κ1) is 18.1. The second-order valence-corrected chi connectivity index (χ2v) is 6.90. The topological polar surface area (TPSA) is 49.4 Å². The van der Waals surface area contributed by atoms with Gasteiger partial charge in [0.1, 0.15) is 0 Å². The van der Waals surface area contributed by atoms with E-state index < -0.39 is 0 Å². The van der Waals surface area contributed by atoms with Crippen molar-refractivity contribution in [2.75, 3.05) is 13.6 Å². The van der Waals surface area contributed by atoms with Crippen molar-refractivity contribution >= 4 is 11.7 Å². The zero-order valence-corrected chi connectivity index (χ0v) is 14.3. The van der Waals surface area contributed by atoms with Crippen molar-refractivity contribution in [3.8, 4) is 0 Å². The summed E-state index contributed by atoms with van der Waals surface area (Å²) in [5, 5.41) is 2.88. The molecule has 1 saturated carbocycles. The summed E-state index contributed by atoms with van der Waals surface area (Å²) in [6.45, 7) is 8.11. The second kappa shape index (κ2) is 8.52. The Morgan fingerprint density at radius 3 is 2.19 bits per heavy atom. The fourth-order valence-corrected chi connectivity index (χ4v) is 3.31. The number of nitrogens with zero attached hydrogens (tertiary/aromatic N) is 1. The lowest BCUT2D eigenvalue weighted by molar-refractivity contribution is -0.128. The molecule has 0 aromatic rings. The molecule has 0 bridgehead atoms. The monoisotopic (exact) mass is 296 g/mol. The van der Waals surface area contributed by atoms with Crippen molar-refractivity contribution in [2.45, 2.75) is 71.9 Å². The highest BCUT2D eigenvalue weighted by atomic mass is 16.2. The molecule has 0 saturated heterocycles. The number of hydrogen-bond acceptors (Lipinski definition) is 3. The summed E-state index contributed by atoms with van der Waals surface area (Å²) >= 11 is 0. The Balaban J connectivity index is 2.42. The molecule has 1 N–H and O–H groups in total. The predicted molar refractivity (Wildman–Crippen MR) is 86.1 cm³/mol. The van der Waals surface area contributed by atoms with Gasteiger partial charge in [-0.25, -0.2) is 0 Å². The van der Waals surface area contributed by atoms with Gasteiger partial charge in [-0.15, -0.1) is 0 Å². The standard InChI is InChI=1S/C17H32N2O2/c1-6-14-7-9-15(10-8-14)19(5)11-16(21)18-17(12(2)3)13(4)20/h12,14-15,17H,6-11H2,1-5H3,(H,18,21). The normalized spacial score (nSPS) is 24.1. The quantitative estimate of drug-likeness (QED) is 0.785. The van der Waals surface area contributed by atoms with Crippen LogP contribution in [0.4, 0.5) is 0 Å². The molecular weight excluding hydrogens is 264 g/mol. The first-order valence-electron chi connectivity index (χ1n) is 8.35. The number of Topliss-reactive ketones (excluding diaryl/α,β-unsaturated/α-hetero) is 1. The first-order chi connectivity index (χ1) is 9.85. The zero-order chi connectivity index (χ0) is 16.0. The number of carbonyl (C=O) groups is 2. The minimum absolute atomic E-state index is 0.0319. The Labute approximate surface area is 129 Å². The average Bonchev–Trinajstić information content (AvgIpc) is 2.44. The van der Waals surface area contributed by atoms with Gasteiger partial charge in [-0.3, -0.25) is 14.5 Å². The van der Waals surface area contributed by atoms with Crippen molar-refractivity contribution in [3.05, 3.63) is 0 Å². The molecule has 4 heteroatoms. The molecule has 1 unspecified atom stereocenters. The number of ketones is 1. The van der Waals surface area contributed by atoms with Gasteiger partial charge in [0.25, 0.3) is 0 Å². The van der Waals surface area contributed by atoms with E-state index in [4.69, 9.17) is 0 Å². The maximum absolute atomic E-state index is 12.1. The minimum atomic E-state index is -0.360. The Hall–Kier alpha value is -0.900. The molecule has 1 fully saturated rings. The van der Waals surface area contributed by atoms with E-state index in [-0.39, 0.29) is 23.7 Å².